The average Bonchev–Trinajstić information content (AvgIpc) is 2.93. The van der Waals surface area contributed by atoms with Crippen LogP contribution in [-0.4, -0.2) is 39.7 Å². The molecule has 0 aliphatic carbocycles. The Balaban J connectivity index is 1.93. The molecule has 0 spiro atoms. The number of rotatable bonds is 9. The number of carbonyl (C=O) groups is 1. The molecule has 0 bridgehead atoms. The fraction of sp³-hybridized carbons (Fsp3) is 0.438. The van der Waals surface area contributed by atoms with Gasteiger partial charge in [-0.15, -0.1) is 10.2 Å². The topological polar surface area (TPSA) is 95.1 Å². The number of halogens is 2. The zero-order chi connectivity index (χ0) is 19.1. The van der Waals surface area contributed by atoms with E-state index < -0.39 is 6.61 Å². The first kappa shape index (κ1) is 20.0. The lowest BCUT2D eigenvalue weighted by atomic mass is 10.1. The molecule has 7 nitrogen and oxygen atoms in total. The van der Waals surface area contributed by atoms with Crippen LogP contribution in [0.5, 0.6) is 5.75 Å². The molecule has 0 saturated heterocycles. The van der Waals surface area contributed by atoms with E-state index in [4.69, 9.17) is 5.84 Å². The number of nitrogens with zero attached hydrogens (tertiary/aromatic N) is 3. The number of benzene rings is 1. The van der Waals surface area contributed by atoms with Crippen molar-refractivity contribution in [1.82, 2.24) is 20.2 Å². The summed E-state index contributed by atoms with van der Waals surface area (Å²) >= 11 is 1.17. The standard InChI is InChI=1S/C16H21F2N5O2S/c1-10(2)7-8-20-13(24)9-26-16-22-21-14(23(16)19)11-3-5-12(6-4-11)25-15(17)18/h3-6,10,15H,7-9,19H2,1-2H3,(H,20,24). The Hall–Kier alpha value is -2.36. The molecule has 0 saturated carbocycles. The van der Waals surface area contributed by atoms with Crippen molar-refractivity contribution in [2.24, 2.45) is 5.92 Å². The second-order valence-corrected chi connectivity index (χ2v) is 6.84. The quantitative estimate of drug-likeness (QED) is 0.509. The van der Waals surface area contributed by atoms with Crippen molar-refractivity contribution in [2.45, 2.75) is 32.0 Å². The summed E-state index contributed by atoms with van der Waals surface area (Å²) in [6.07, 6.45) is 0.916. The summed E-state index contributed by atoms with van der Waals surface area (Å²) in [6.45, 7) is 1.93. The van der Waals surface area contributed by atoms with Crippen LogP contribution in [0.1, 0.15) is 20.3 Å². The second kappa shape index (κ2) is 9.37. The van der Waals surface area contributed by atoms with Gasteiger partial charge in [-0.05, 0) is 36.6 Å². The zero-order valence-corrected chi connectivity index (χ0v) is 15.3. The van der Waals surface area contributed by atoms with Crippen LogP contribution in [0, 0.1) is 5.92 Å². The highest BCUT2D eigenvalue weighted by molar-refractivity contribution is 7.99. The summed E-state index contributed by atoms with van der Waals surface area (Å²) in [7, 11) is 0. The van der Waals surface area contributed by atoms with Crippen molar-refractivity contribution in [1.29, 1.82) is 0 Å². The summed E-state index contributed by atoms with van der Waals surface area (Å²) in [6, 6.07) is 5.90. The first-order valence-corrected chi connectivity index (χ1v) is 9.00. The van der Waals surface area contributed by atoms with Gasteiger partial charge in [0.25, 0.3) is 0 Å². The molecule has 10 heteroatoms. The number of thioether (sulfide) groups is 1. The van der Waals surface area contributed by atoms with Crippen molar-refractivity contribution in [3.8, 4) is 17.1 Å². The van der Waals surface area contributed by atoms with Gasteiger partial charge in [-0.2, -0.15) is 8.78 Å². The van der Waals surface area contributed by atoms with Crippen molar-refractivity contribution in [2.75, 3.05) is 18.1 Å². The average molecular weight is 385 g/mol. The lowest BCUT2D eigenvalue weighted by Crippen LogP contribution is -2.27. The molecule has 0 atom stereocenters. The molecule has 2 aromatic rings. The second-order valence-electron chi connectivity index (χ2n) is 5.90. The Labute approximate surface area is 154 Å². The number of nitrogens with one attached hydrogen (secondary N) is 1. The summed E-state index contributed by atoms with van der Waals surface area (Å²) in [5.74, 6) is 6.96. The highest BCUT2D eigenvalue weighted by atomic mass is 32.2. The lowest BCUT2D eigenvalue weighted by molar-refractivity contribution is -0.118. The maximum atomic E-state index is 12.2. The minimum atomic E-state index is -2.88. The van der Waals surface area contributed by atoms with Crippen molar-refractivity contribution >= 4 is 17.7 Å². The predicted molar refractivity (Wildman–Crippen MR) is 95.4 cm³/mol. The SMILES string of the molecule is CC(C)CCNC(=O)CSc1nnc(-c2ccc(OC(F)F)cc2)n1N. The monoisotopic (exact) mass is 385 g/mol. The minimum absolute atomic E-state index is 0.0412. The summed E-state index contributed by atoms with van der Waals surface area (Å²) in [4.78, 5) is 11.8. The molecule has 1 aromatic carbocycles. The largest absolute Gasteiger partial charge is 0.435 e. The summed E-state index contributed by atoms with van der Waals surface area (Å²) < 4.78 is 29.9. The van der Waals surface area contributed by atoms with Gasteiger partial charge in [0.05, 0.1) is 5.75 Å². The van der Waals surface area contributed by atoms with E-state index in [2.05, 4.69) is 34.1 Å². The van der Waals surface area contributed by atoms with Crippen molar-refractivity contribution < 1.29 is 18.3 Å². The molecule has 0 unspecified atom stereocenters. The zero-order valence-electron chi connectivity index (χ0n) is 14.5. The van der Waals surface area contributed by atoms with E-state index >= 15 is 0 Å². The Morgan fingerprint density at radius 3 is 2.62 bits per heavy atom. The number of carbonyl (C=O) groups excluding carboxylic acids is 1. The van der Waals surface area contributed by atoms with E-state index in [1.165, 1.54) is 28.6 Å². The number of nitrogen functional groups attached to an aromatic ring is 1. The van der Waals surface area contributed by atoms with Crippen LogP contribution < -0.4 is 15.9 Å². The van der Waals surface area contributed by atoms with Gasteiger partial charge in [0.2, 0.25) is 11.1 Å². The normalized spacial score (nSPS) is 11.2. The first-order chi connectivity index (χ1) is 12.4. The van der Waals surface area contributed by atoms with Gasteiger partial charge in [0, 0.05) is 12.1 Å². The third-order valence-electron chi connectivity index (χ3n) is 3.38. The van der Waals surface area contributed by atoms with Gasteiger partial charge >= 0.3 is 6.61 Å². The fourth-order valence-electron chi connectivity index (χ4n) is 2.04. The van der Waals surface area contributed by atoms with Crippen LogP contribution in [0.4, 0.5) is 8.78 Å². The van der Waals surface area contributed by atoms with Crippen molar-refractivity contribution in [3.63, 3.8) is 0 Å². The van der Waals surface area contributed by atoms with Crippen LogP contribution in [-0.2, 0) is 4.79 Å². The molecule has 2 rings (SSSR count). The van der Waals surface area contributed by atoms with Gasteiger partial charge in [0.1, 0.15) is 5.75 Å². The van der Waals surface area contributed by atoms with Gasteiger partial charge < -0.3 is 15.9 Å². The number of alkyl halides is 2. The number of nitrogens with two attached hydrogens (primary N) is 1. The fourth-order valence-corrected chi connectivity index (χ4v) is 2.73. The molecule has 3 N–H and O–H groups in total. The van der Waals surface area contributed by atoms with Gasteiger partial charge in [-0.3, -0.25) is 4.79 Å². The lowest BCUT2D eigenvalue weighted by Gasteiger charge is -2.07. The number of aromatic nitrogens is 3. The van der Waals surface area contributed by atoms with E-state index in [-0.39, 0.29) is 17.4 Å². The summed E-state index contributed by atoms with van der Waals surface area (Å²) in [5.41, 5.74) is 0.592. The van der Waals surface area contributed by atoms with E-state index in [0.717, 1.165) is 6.42 Å². The Kier molecular flexibility index (Phi) is 7.19. The van der Waals surface area contributed by atoms with Crippen LogP contribution in [0.25, 0.3) is 11.4 Å². The highest BCUT2D eigenvalue weighted by Gasteiger charge is 2.14. The maximum absolute atomic E-state index is 12.2. The van der Waals surface area contributed by atoms with Crippen LogP contribution in [0.3, 0.4) is 0 Å². The molecule has 142 valence electrons. The molecule has 26 heavy (non-hydrogen) atoms. The minimum Gasteiger partial charge on any atom is -0.435 e. The van der Waals surface area contributed by atoms with Gasteiger partial charge in [-0.25, -0.2) is 4.68 Å². The molecule has 0 aliphatic rings. The molecular formula is C16H21F2N5O2S. The van der Waals surface area contributed by atoms with E-state index in [0.29, 0.717) is 29.0 Å². The molecule has 0 aliphatic heterocycles. The first-order valence-electron chi connectivity index (χ1n) is 8.02. The van der Waals surface area contributed by atoms with E-state index in [1.54, 1.807) is 12.1 Å². The number of ether oxygens (including phenoxy) is 1. The molecule has 0 radical (unpaired) electrons. The van der Waals surface area contributed by atoms with Crippen molar-refractivity contribution in [3.05, 3.63) is 24.3 Å². The van der Waals surface area contributed by atoms with E-state index in [9.17, 15) is 13.6 Å². The molecular weight excluding hydrogens is 364 g/mol. The third kappa shape index (κ3) is 5.87. The van der Waals surface area contributed by atoms with Crippen LogP contribution >= 0.6 is 11.8 Å². The Morgan fingerprint density at radius 2 is 2.00 bits per heavy atom. The Bertz CT molecular complexity index is 722. The molecule has 1 heterocycles. The van der Waals surface area contributed by atoms with Gasteiger partial charge in [-0.1, -0.05) is 25.6 Å². The number of amides is 1. The third-order valence-corrected chi connectivity index (χ3v) is 4.32. The van der Waals surface area contributed by atoms with Gasteiger partial charge in [0.15, 0.2) is 5.82 Å². The van der Waals surface area contributed by atoms with E-state index in [1.807, 2.05) is 0 Å². The molecule has 1 aromatic heterocycles. The Morgan fingerprint density at radius 1 is 1.31 bits per heavy atom. The highest BCUT2D eigenvalue weighted by Crippen LogP contribution is 2.24. The van der Waals surface area contributed by atoms with Crippen LogP contribution in [0.2, 0.25) is 0 Å². The molecule has 0 fully saturated rings. The number of hydrogen-bond acceptors (Lipinski definition) is 6. The number of hydrogen-bond donors (Lipinski definition) is 2. The maximum Gasteiger partial charge on any atom is 0.387 e. The van der Waals surface area contributed by atoms with Crippen LogP contribution in [0.15, 0.2) is 29.4 Å². The predicted octanol–water partition coefficient (Wildman–Crippen LogP) is 2.51. The smallest absolute Gasteiger partial charge is 0.387 e. The summed E-state index contributed by atoms with van der Waals surface area (Å²) in [5, 5.41) is 11.2. The molecule has 1 amide bonds.